The summed E-state index contributed by atoms with van der Waals surface area (Å²) in [6.45, 7) is 18.3. The SMILES string of the molecule is C=CC=C.CC(=O)C(C)(C)C.CCC.N. The van der Waals surface area contributed by atoms with Gasteiger partial charge >= 0.3 is 0 Å². The topological polar surface area (TPSA) is 52.1 Å². The molecule has 0 aromatic carbocycles. The van der Waals surface area contributed by atoms with Crippen LogP contribution in [-0.2, 0) is 4.79 Å². The molecule has 92 valence electrons. The lowest BCUT2D eigenvalue weighted by Crippen LogP contribution is -2.15. The Bertz CT molecular complexity index is 148. The first-order valence-electron chi connectivity index (χ1n) is 5.02. The minimum absolute atomic E-state index is 0. The third-order valence-electron chi connectivity index (χ3n) is 1.22. The molecular formula is C13H29NO. The van der Waals surface area contributed by atoms with Gasteiger partial charge in [0.15, 0.2) is 0 Å². The quantitative estimate of drug-likeness (QED) is 0.652. The summed E-state index contributed by atoms with van der Waals surface area (Å²) >= 11 is 0. The largest absolute Gasteiger partial charge is 0.344 e. The number of Topliss-reactive ketones (excluding diaryl/α,β-unsaturated/α-hetero) is 1. The summed E-state index contributed by atoms with van der Waals surface area (Å²) < 4.78 is 0. The number of ketones is 1. The average molecular weight is 215 g/mol. The number of hydrogen-bond donors (Lipinski definition) is 1. The van der Waals surface area contributed by atoms with Crippen LogP contribution in [0.15, 0.2) is 25.3 Å². The highest BCUT2D eigenvalue weighted by molar-refractivity contribution is 5.80. The lowest BCUT2D eigenvalue weighted by Gasteiger charge is -2.11. The molecule has 0 aliphatic rings. The Morgan fingerprint density at radius 2 is 1.27 bits per heavy atom. The fourth-order valence-corrected chi connectivity index (χ4v) is 0. The van der Waals surface area contributed by atoms with Crippen molar-refractivity contribution in [3.05, 3.63) is 25.3 Å². The maximum Gasteiger partial charge on any atom is 0.135 e. The van der Waals surface area contributed by atoms with E-state index in [-0.39, 0.29) is 17.3 Å². The Labute approximate surface area is 96.0 Å². The van der Waals surface area contributed by atoms with Crippen molar-refractivity contribution in [2.75, 3.05) is 0 Å². The summed E-state index contributed by atoms with van der Waals surface area (Å²) in [6, 6.07) is 0. The van der Waals surface area contributed by atoms with Crippen molar-refractivity contribution in [2.45, 2.75) is 48.0 Å². The molecule has 0 spiro atoms. The van der Waals surface area contributed by atoms with Gasteiger partial charge in [0.2, 0.25) is 0 Å². The standard InChI is InChI=1S/C6H12O.C4H6.C3H8.H3N/c1-5(7)6(2,3)4;1-3-4-2;1-3-2;/h1-4H3;3-4H,1-2H2;3H2,1-2H3;1H3. The minimum Gasteiger partial charge on any atom is -0.344 e. The van der Waals surface area contributed by atoms with Gasteiger partial charge in [-0.15, -0.1) is 0 Å². The third kappa shape index (κ3) is 43.3. The maximum atomic E-state index is 10.5. The zero-order chi connectivity index (χ0) is 12.2. The number of hydrogen-bond acceptors (Lipinski definition) is 2. The second kappa shape index (κ2) is 15.6. The Morgan fingerprint density at radius 3 is 1.27 bits per heavy atom. The van der Waals surface area contributed by atoms with Gasteiger partial charge in [0.05, 0.1) is 0 Å². The van der Waals surface area contributed by atoms with E-state index in [0.717, 1.165) is 0 Å². The molecule has 0 radical (unpaired) electrons. The van der Waals surface area contributed by atoms with Gasteiger partial charge in [-0.1, -0.05) is 66.3 Å². The summed E-state index contributed by atoms with van der Waals surface area (Å²) in [4.78, 5) is 10.5. The molecule has 0 amide bonds. The number of allylic oxidation sites excluding steroid dienone is 2. The first kappa shape index (κ1) is 23.7. The zero-order valence-corrected chi connectivity index (χ0v) is 11.4. The first-order chi connectivity index (χ1) is 6.27. The normalized spacial score (nSPS) is 7.87. The van der Waals surface area contributed by atoms with Crippen molar-refractivity contribution in [3.8, 4) is 0 Å². The van der Waals surface area contributed by atoms with Crippen LogP contribution in [0, 0.1) is 5.41 Å². The molecule has 0 bridgehead atoms. The van der Waals surface area contributed by atoms with Crippen LogP contribution in [0.5, 0.6) is 0 Å². The molecule has 0 aliphatic heterocycles. The molecule has 3 N–H and O–H groups in total. The second-order valence-corrected chi connectivity index (χ2v) is 3.98. The Balaban J connectivity index is -0.0000000654. The van der Waals surface area contributed by atoms with Gasteiger partial charge in [0.1, 0.15) is 5.78 Å². The van der Waals surface area contributed by atoms with Crippen molar-refractivity contribution in [1.29, 1.82) is 0 Å². The molecule has 2 heteroatoms. The van der Waals surface area contributed by atoms with Crippen molar-refractivity contribution in [3.63, 3.8) is 0 Å². The Hall–Kier alpha value is -0.890. The Morgan fingerprint density at radius 1 is 1.13 bits per heavy atom. The van der Waals surface area contributed by atoms with Gasteiger partial charge in [-0.05, 0) is 6.92 Å². The van der Waals surface area contributed by atoms with Gasteiger partial charge in [0, 0.05) is 5.41 Å². The van der Waals surface area contributed by atoms with Crippen LogP contribution in [-0.4, -0.2) is 5.78 Å². The molecule has 0 fully saturated rings. The first-order valence-corrected chi connectivity index (χ1v) is 5.02. The molecule has 0 rings (SSSR count). The van der Waals surface area contributed by atoms with E-state index < -0.39 is 0 Å². The molecular weight excluding hydrogens is 186 g/mol. The molecule has 0 saturated carbocycles. The summed E-state index contributed by atoms with van der Waals surface area (Å²) in [5, 5.41) is 0. The number of rotatable bonds is 1. The molecule has 15 heavy (non-hydrogen) atoms. The molecule has 0 unspecified atom stereocenters. The van der Waals surface area contributed by atoms with Crippen molar-refractivity contribution >= 4 is 5.78 Å². The smallest absolute Gasteiger partial charge is 0.135 e. The number of carbonyl (C=O) groups excluding carboxylic acids is 1. The van der Waals surface area contributed by atoms with E-state index in [1.54, 1.807) is 19.1 Å². The molecule has 2 nitrogen and oxygen atoms in total. The third-order valence-corrected chi connectivity index (χ3v) is 1.22. The number of carbonyl (C=O) groups is 1. The second-order valence-electron chi connectivity index (χ2n) is 3.98. The van der Waals surface area contributed by atoms with Crippen LogP contribution in [0.2, 0.25) is 0 Å². The van der Waals surface area contributed by atoms with E-state index in [1.807, 2.05) is 20.8 Å². The van der Waals surface area contributed by atoms with Gasteiger partial charge < -0.3 is 6.15 Å². The van der Waals surface area contributed by atoms with Crippen LogP contribution in [0.1, 0.15) is 48.0 Å². The zero-order valence-electron chi connectivity index (χ0n) is 11.4. The van der Waals surface area contributed by atoms with E-state index in [9.17, 15) is 4.79 Å². The van der Waals surface area contributed by atoms with Crippen molar-refractivity contribution in [1.82, 2.24) is 6.15 Å². The van der Waals surface area contributed by atoms with Gasteiger partial charge in [0.25, 0.3) is 0 Å². The van der Waals surface area contributed by atoms with E-state index in [0.29, 0.717) is 0 Å². The highest BCUT2D eigenvalue weighted by Gasteiger charge is 2.14. The Kier molecular flexibility index (Phi) is 24.6. The molecule has 0 aromatic heterocycles. The lowest BCUT2D eigenvalue weighted by molar-refractivity contribution is -0.124. The van der Waals surface area contributed by atoms with Crippen LogP contribution in [0.4, 0.5) is 0 Å². The maximum absolute atomic E-state index is 10.5. The van der Waals surface area contributed by atoms with Crippen LogP contribution in [0.3, 0.4) is 0 Å². The fourth-order valence-electron chi connectivity index (χ4n) is 0. The molecule has 0 atom stereocenters. The molecule has 0 aromatic rings. The predicted octanol–water partition coefficient (Wildman–Crippen LogP) is 4.56. The molecule has 0 aliphatic carbocycles. The monoisotopic (exact) mass is 215 g/mol. The van der Waals surface area contributed by atoms with Crippen molar-refractivity contribution < 1.29 is 4.79 Å². The highest BCUT2D eigenvalue weighted by atomic mass is 16.1. The molecule has 0 saturated heterocycles. The van der Waals surface area contributed by atoms with Gasteiger partial charge in [-0.3, -0.25) is 4.79 Å². The van der Waals surface area contributed by atoms with Crippen molar-refractivity contribution in [2.24, 2.45) is 5.41 Å². The van der Waals surface area contributed by atoms with E-state index >= 15 is 0 Å². The summed E-state index contributed by atoms with van der Waals surface area (Å²) in [5.41, 5.74) is -0.139. The highest BCUT2D eigenvalue weighted by Crippen LogP contribution is 2.12. The van der Waals surface area contributed by atoms with Crippen LogP contribution in [0.25, 0.3) is 0 Å². The van der Waals surface area contributed by atoms with E-state index in [2.05, 4.69) is 27.0 Å². The fraction of sp³-hybridized carbons (Fsp3) is 0.615. The lowest BCUT2D eigenvalue weighted by atomic mass is 9.92. The van der Waals surface area contributed by atoms with Gasteiger partial charge in [-0.2, -0.15) is 0 Å². The summed E-state index contributed by atoms with van der Waals surface area (Å²) in [7, 11) is 0. The molecule has 0 heterocycles. The van der Waals surface area contributed by atoms with E-state index in [1.165, 1.54) is 6.42 Å². The van der Waals surface area contributed by atoms with Crippen LogP contribution >= 0.6 is 0 Å². The van der Waals surface area contributed by atoms with E-state index in [4.69, 9.17) is 0 Å². The minimum atomic E-state index is -0.139. The summed E-state index contributed by atoms with van der Waals surface area (Å²) in [5.74, 6) is 0.243. The average Bonchev–Trinajstić information content (AvgIpc) is 2.04. The van der Waals surface area contributed by atoms with Crippen LogP contribution < -0.4 is 6.15 Å². The summed E-state index contributed by atoms with van der Waals surface area (Å²) in [6.07, 6.45) is 4.53. The van der Waals surface area contributed by atoms with Gasteiger partial charge in [-0.25, -0.2) is 0 Å². The predicted molar refractivity (Wildman–Crippen MR) is 71.5 cm³/mol.